The number of carbonyl (C=O) groups is 1. The maximum Gasteiger partial charge on any atom is 0.573 e. The third-order valence-electron chi connectivity index (χ3n) is 4.95. The molecule has 1 fully saturated rings. The fourth-order valence-corrected chi connectivity index (χ4v) is 3.31. The Kier molecular flexibility index (Phi) is 7.98. The molecule has 0 aromatic heterocycles. The Morgan fingerprint density at radius 2 is 1.56 bits per heavy atom. The second-order valence-corrected chi connectivity index (χ2v) is 8.52. The standard InChI is InChI=1S/C23H28F3N3O5/c1-22(2,31)15-27-21(30)28-34-20-5-3-16(4-6-20)29-13-11-18(12-14-29)32-17-7-9-19(10-8-17)33-23(24,25)26/h3-10,18,31H,11-15H2,1-2H3,(H2,27,28,30). The number of urea groups is 1. The molecule has 186 valence electrons. The SMILES string of the molecule is CC(C)(O)CNC(=O)NOc1ccc(N2CCC(Oc3ccc(OC(F)(F)F)cc3)CC2)cc1. The molecule has 34 heavy (non-hydrogen) atoms. The van der Waals surface area contributed by atoms with Crippen molar-refractivity contribution in [2.24, 2.45) is 0 Å². The summed E-state index contributed by atoms with van der Waals surface area (Å²) in [5.74, 6) is 0.666. The molecule has 1 saturated heterocycles. The summed E-state index contributed by atoms with van der Waals surface area (Å²) in [5.41, 5.74) is 2.23. The molecule has 0 radical (unpaired) electrons. The minimum absolute atomic E-state index is 0.0418. The third-order valence-corrected chi connectivity index (χ3v) is 4.95. The van der Waals surface area contributed by atoms with Gasteiger partial charge in [0.1, 0.15) is 17.6 Å². The lowest BCUT2D eigenvalue weighted by Gasteiger charge is -2.33. The molecule has 1 aliphatic heterocycles. The predicted octanol–water partition coefficient (Wildman–Crippen LogP) is 4.00. The zero-order valence-electron chi connectivity index (χ0n) is 18.9. The maximum atomic E-state index is 12.3. The van der Waals surface area contributed by atoms with Gasteiger partial charge in [-0.15, -0.1) is 13.2 Å². The van der Waals surface area contributed by atoms with Crippen molar-refractivity contribution in [3.63, 3.8) is 0 Å². The average Bonchev–Trinajstić information content (AvgIpc) is 2.77. The van der Waals surface area contributed by atoms with Crippen LogP contribution in [0.4, 0.5) is 23.7 Å². The van der Waals surface area contributed by atoms with Crippen LogP contribution in [-0.4, -0.2) is 48.8 Å². The number of hydrogen-bond acceptors (Lipinski definition) is 6. The van der Waals surface area contributed by atoms with Gasteiger partial charge in [0.05, 0.1) is 5.60 Å². The van der Waals surface area contributed by atoms with E-state index in [9.17, 15) is 23.1 Å². The van der Waals surface area contributed by atoms with Crippen LogP contribution in [0.25, 0.3) is 0 Å². The van der Waals surface area contributed by atoms with Crippen LogP contribution in [0.1, 0.15) is 26.7 Å². The smallest absolute Gasteiger partial charge is 0.490 e. The van der Waals surface area contributed by atoms with E-state index in [0.717, 1.165) is 31.6 Å². The number of amides is 2. The van der Waals surface area contributed by atoms with E-state index in [1.165, 1.54) is 24.3 Å². The molecule has 1 heterocycles. The van der Waals surface area contributed by atoms with E-state index in [1.54, 1.807) is 26.0 Å². The molecule has 1 aliphatic rings. The zero-order chi connectivity index (χ0) is 24.8. The molecule has 3 N–H and O–H groups in total. The first-order valence-corrected chi connectivity index (χ1v) is 10.8. The van der Waals surface area contributed by atoms with Crippen LogP contribution in [0.3, 0.4) is 0 Å². The number of benzene rings is 2. The number of halogens is 3. The Hall–Kier alpha value is -3.34. The number of hydrogen-bond donors (Lipinski definition) is 3. The number of carbonyl (C=O) groups excluding carboxylic acids is 1. The largest absolute Gasteiger partial charge is 0.573 e. The first-order chi connectivity index (χ1) is 16.0. The summed E-state index contributed by atoms with van der Waals surface area (Å²) in [5, 5.41) is 12.1. The lowest BCUT2D eigenvalue weighted by Crippen LogP contribution is -2.44. The summed E-state index contributed by atoms with van der Waals surface area (Å²) in [7, 11) is 0. The molecule has 0 spiro atoms. The average molecular weight is 483 g/mol. The summed E-state index contributed by atoms with van der Waals surface area (Å²) in [4.78, 5) is 19.1. The number of hydroxylamine groups is 1. The van der Waals surface area contributed by atoms with Crippen LogP contribution < -0.4 is 30.0 Å². The fraction of sp³-hybridized carbons (Fsp3) is 0.435. The van der Waals surface area contributed by atoms with Crippen molar-refractivity contribution in [1.29, 1.82) is 0 Å². The number of alkyl halides is 3. The molecular formula is C23H28F3N3O5. The van der Waals surface area contributed by atoms with Gasteiger partial charge in [-0.25, -0.2) is 4.79 Å². The van der Waals surface area contributed by atoms with E-state index in [2.05, 4.69) is 20.4 Å². The summed E-state index contributed by atoms with van der Waals surface area (Å²) in [6, 6.07) is 12.1. The predicted molar refractivity (Wildman–Crippen MR) is 119 cm³/mol. The van der Waals surface area contributed by atoms with Gasteiger partial charge in [0.15, 0.2) is 5.75 Å². The summed E-state index contributed by atoms with van der Waals surface area (Å²) < 4.78 is 46.5. The van der Waals surface area contributed by atoms with Gasteiger partial charge in [-0.1, -0.05) is 0 Å². The summed E-state index contributed by atoms with van der Waals surface area (Å²) in [6.45, 7) is 4.74. The van der Waals surface area contributed by atoms with Crippen LogP contribution in [-0.2, 0) is 0 Å². The minimum atomic E-state index is -4.72. The Bertz CT molecular complexity index is 923. The van der Waals surface area contributed by atoms with E-state index < -0.39 is 18.0 Å². The van der Waals surface area contributed by atoms with E-state index >= 15 is 0 Å². The normalized spacial score (nSPS) is 14.9. The molecule has 3 rings (SSSR count). The third kappa shape index (κ3) is 8.54. The number of piperidine rings is 1. The molecule has 0 atom stereocenters. The fourth-order valence-electron chi connectivity index (χ4n) is 3.31. The molecule has 0 unspecified atom stereocenters. The molecule has 2 aromatic carbocycles. The van der Waals surface area contributed by atoms with Gasteiger partial charge in [0.2, 0.25) is 0 Å². The molecule has 2 aromatic rings. The maximum absolute atomic E-state index is 12.3. The number of ether oxygens (including phenoxy) is 2. The van der Waals surface area contributed by atoms with Crippen molar-refractivity contribution in [2.75, 3.05) is 24.5 Å². The number of anilines is 1. The molecular weight excluding hydrogens is 455 g/mol. The monoisotopic (exact) mass is 483 g/mol. The number of nitrogens with one attached hydrogen (secondary N) is 2. The van der Waals surface area contributed by atoms with Crippen LogP contribution in [0, 0.1) is 0 Å². The Labute approximate surface area is 195 Å². The van der Waals surface area contributed by atoms with E-state index in [1.807, 2.05) is 12.1 Å². The second-order valence-electron chi connectivity index (χ2n) is 8.52. The van der Waals surface area contributed by atoms with Gasteiger partial charge in [-0.05, 0) is 62.4 Å². The quantitative estimate of drug-likeness (QED) is 0.492. The number of aliphatic hydroxyl groups is 1. The first kappa shape index (κ1) is 25.3. The van der Waals surface area contributed by atoms with E-state index in [0.29, 0.717) is 11.5 Å². The molecule has 0 saturated carbocycles. The van der Waals surface area contributed by atoms with Gasteiger partial charge < -0.3 is 29.6 Å². The highest BCUT2D eigenvalue weighted by Gasteiger charge is 2.31. The van der Waals surface area contributed by atoms with Gasteiger partial charge >= 0.3 is 12.4 Å². The summed E-state index contributed by atoms with van der Waals surface area (Å²) in [6.07, 6.45) is -3.26. The number of rotatable bonds is 8. The van der Waals surface area contributed by atoms with Crippen LogP contribution in [0.15, 0.2) is 48.5 Å². The van der Waals surface area contributed by atoms with E-state index in [-0.39, 0.29) is 18.4 Å². The Balaban J connectivity index is 1.41. The molecule has 0 aliphatic carbocycles. The van der Waals surface area contributed by atoms with Crippen LogP contribution in [0.2, 0.25) is 0 Å². The van der Waals surface area contributed by atoms with Crippen LogP contribution >= 0.6 is 0 Å². The van der Waals surface area contributed by atoms with Gasteiger partial charge in [0.25, 0.3) is 0 Å². The van der Waals surface area contributed by atoms with Gasteiger partial charge in [-0.2, -0.15) is 5.48 Å². The van der Waals surface area contributed by atoms with Crippen molar-refractivity contribution < 1.29 is 37.4 Å². The lowest BCUT2D eigenvalue weighted by atomic mass is 10.1. The Morgan fingerprint density at radius 1 is 1.00 bits per heavy atom. The van der Waals surface area contributed by atoms with Crippen molar-refractivity contribution in [3.05, 3.63) is 48.5 Å². The highest BCUT2D eigenvalue weighted by molar-refractivity contribution is 5.73. The Morgan fingerprint density at radius 3 is 2.12 bits per heavy atom. The molecule has 11 heteroatoms. The lowest BCUT2D eigenvalue weighted by molar-refractivity contribution is -0.274. The van der Waals surface area contributed by atoms with E-state index in [4.69, 9.17) is 9.57 Å². The van der Waals surface area contributed by atoms with Crippen LogP contribution in [0.5, 0.6) is 17.2 Å². The highest BCUT2D eigenvalue weighted by Crippen LogP contribution is 2.28. The highest BCUT2D eigenvalue weighted by atomic mass is 19.4. The summed E-state index contributed by atoms with van der Waals surface area (Å²) >= 11 is 0. The second kappa shape index (κ2) is 10.7. The molecule has 0 bridgehead atoms. The molecule has 2 amide bonds. The minimum Gasteiger partial charge on any atom is -0.490 e. The topological polar surface area (TPSA) is 92.3 Å². The zero-order valence-corrected chi connectivity index (χ0v) is 18.9. The van der Waals surface area contributed by atoms with Crippen molar-refractivity contribution in [3.8, 4) is 17.2 Å². The molecule has 8 nitrogen and oxygen atoms in total. The van der Waals surface area contributed by atoms with Gasteiger partial charge in [-0.3, -0.25) is 0 Å². The van der Waals surface area contributed by atoms with Gasteiger partial charge in [0, 0.05) is 38.2 Å². The number of nitrogens with zero attached hydrogens (tertiary/aromatic N) is 1. The van der Waals surface area contributed by atoms with Crippen molar-refractivity contribution >= 4 is 11.7 Å². The van der Waals surface area contributed by atoms with Crippen molar-refractivity contribution in [1.82, 2.24) is 10.8 Å². The van der Waals surface area contributed by atoms with Crippen molar-refractivity contribution in [2.45, 2.75) is 44.8 Å². The first-order valence-electron chi connectivity index (χ1n) is 10.8.